The van der Waals surface area contributed by atoms with Gasteiger partial charge in [-0.1, -0.05) is 6.07 Å². The summed E-state index contributed by atoms with van der Waals surface area (Å²) in [6, 6.07) is 5.75. The number of aromatic nitrogens is 3. The van der Waals surface area contributed by atoms with Crippen molar-refractivity contribution in [3.63, 3.8) is 0 Å². The summed E-state index contributed by atoms with van der Waals surface area (Å²) in [5.74, 6) is -0.963. The summed E-state index contributed by atoms with van der Waals surface area (Å²) >= 11 is 0. The van der Waals surface area contributed by atoms with Gasteiger partial charge in [0.25, 0.3) is 0 Å². The lowest BCUT2D eigenvalue weighted by Crippen LogP contribution is -2.22. The molecule has 2 heterocycles. The minimum Gasteiger partial charge on any atom is -0.478 e. The van der Waals surface area contributed by atoms with Crippen LogP contribution in [0.4, 0.5) is 0 Å². The van der Waals surface area contributed by atoms with Gasteiger partial charge in [-0.3, -0.25) is 9.67 Å². The first kappa shape index (κ1) is 13.2. The number of aryl methyl sites for hydroxylation is 1. The lowest BCUT2D eigenvalue weighted by atomic mass is 10.2. The highest BCUT2D eigenvalue weighted by Crippen LogP contribution is 2.12. The number of rotatable bonds is 5. The van der Waals surface area contributed by atoms with Crippen LogP contribution in [0.25, 0.3) is 0 Å². The van der Waals surface area contributed by atoms with Gasteiger partial charge in [-0.15, -0.1) is 0 Å². The van der Waals surface area contributed by atoms with E-state index in [0.717, 1.165) is 5.69 Å². The molecule has 1 atom stereocenters. The monoisotopic (exact) mass is 260 g/mol. The summed E-state index contributed by atoms with van der Waals surface area (Å²) in [6.45, 7) is 2.41. The largest absolute Gasteiger partial charge is 0.478 e. The van der Waals surface area contributed by atoms with Crippen molar-refractivity contribution in [1.29, 1.82) is 0 Å². The van der Waals surface area contributed by atoms with Crippen LogP contribution in [0.1, 0.15) is 34.7 Å². The highest BCUT2D eigenvalue weighted by Gasteiger charge is 2.15. The summed E-state index contributed by atoms with van der Waals surface area (Å²) in [5, 5.41) is 16.3. The van der Waals surface area contributed by atoms with Crippen molar-refractivity contribution in [2.75, 3.05) is 0 Å². The molecule has 0 aromatic carbocycles. The zero-order valence-corrected chi connectivity index (χ0v) is 10.9. The Morgan fingerprint density at radius 1 is 1.53 bits per heavy atom. The minimum absolute atomic E-state index is 0.0396. The smallest absolute Gasteiger partial charge is 0.339 e. The van der Waals surface area contributed by atoms with Crippen molar-refractivity contribution in [1.82, 2.24) is 20.1 Å². The van der Waals surface area contributed by atoms with Gasteiger partial charge in [-0.25, -0.2) is 4.79 Å². The lowest BCUT2D eigenvalue weighted by Gasteiger charge is -2.13. The molecule has 2 aromatic rings. The molecule has 19 heavy (non-hydrogen) atoms. The quantitative estimate of drug-likeness (QED) is 0.848. The fourth-order valence-corrected chi connectivity index (χ4v) is 1.84. The van der Waals surface area contributed by atoms with E-state index in [1.54, 1.807) is 17.9 Å². The van der Waals surface area contributed by atoms with E-state index in [2.05, 4.69) is 15.4 Å². The molecule has 6 nitrogen and oxygen atoms in total. The van der Waals surface area contributed by atoms with E-state index in [4.69, 9.17) is 5.11 Å². The maximum atomic E-state index is 11.1. The third kappa shape index (κ3) is 2.97. The Morgan fingerprint density at radius 2 is 2.32 bits per heavy atom. The Kier molecular flexibility index (Phi) is 3.91. The molecular formula is C13H16N4O2. The maximum Gasteiger partial charge on any atom is 0.339 e. The number of aromatic carboxylic acids is 1. The van der Waals surface area contributed by atoms with Gasteiger partial charge >= 0.3 is 5.97 Å². The Bertz CT molecular complexity index is 565. The second kappa shape index (κ2) is 5.62. The molecule has 2 aromatic heterocycles. The third-order valence-electron chi connectivity index (χ3n) is 3.00. The summed E-state index contributed by atoms with van der Waals surface area (Å²) in [7, 11) is 1.73. The normalized spacial score (nSPS) is 12.3. The van der Waals surface area contributed by atoms with Crippen molar-refractivity contribution in [2.24, 2.45) is 7.05 Å². The van der Waals surface area contributed by atoms with Gasteiger partial charge in [0.2, 0.25) is 0 Å². The molecule has 0 saturated carbocycles. The van der Waals surface area contributed by atoms with Crippen molar-refractivity contribution >= 4 is 5.97 Å². The zero-order chi connectivity index (χ0) is 13.8. The molecular weight excluding hydrogens is 244 g/mol. The van der Waals surface area contributed by atoms with E-state index in [1.807, 2.05) is 25.1 Å². The number of hydrogen-bond acceptors (Lipinski definition) is 4. The zero-order valence-electron chi connectivity index (χ0n) is 10.9. The van der Waals surface area contributed by atoms with Crippen molar-refractivity contribution in [2.45, 2.75) is 19.5 Å². The topological polar surface area (TPSA) is 80.0 Å². The minimum atomic E-state index is -0.963. The highest BCUT2D eigenvalue weighted by molar-refractivity contribution is 5.88. The standard InChI is InChI=1S/C13H16N4O2/c1-9(11-5-3-4-6-14-11)15-8-12-10(13(18)19)7-16-17(12)2/h3-7,9,15H,8H2,1-2H3,(H,18,19)/t9-/m1/s1. The van der Waals surface area contributed by atoms with E-state index in [1.165, 1.54) is 6.20 Å². The number of nitrogens with one attached hydrogen (secondary N) is 1. The Labute approximate surface area is 111 Å². The van der Waals surface area contributed by atoms with Crippen molar-refractivity contribution in [3.05, 3.63) is 47.5 Å². The van der Waals surface area contributed by atoms with Crippen LogP contribution in [0.2, 0.25) is 0 Å². The summed E-state index contributed by atoms with van der Waals surface area (Å²) in [6.07, 6.45) is 3.10. The van der Waals surface area contributed by atoms with Gasteiger partial charge in [-0.05, 0) is 19.1 Å². The molecule has 0 unspecified atom stereocenters. The van der Waals surface area contributed by atoms with Gasteiger partial charge < -0.3 is 10.4 Å². The number of carbonyl (C=O) groups is 1. The first-order chi connectivity index (χ1) is 9.09. The van der Waals surface area contributed by atoms with Crippen LogP contribution in [-0.4, -0.2) is 25.8 Å². The summed E-state index contributed by atoms with van der Waals surface area (Å²) in [5.41, 5.74) is 1.79. The molecule has 2 N–H and O–H groups in total. The SMILES string of the molecule is C[C@@H](NCc1c(C(=O)O)cnn1C)c1ccccn1. The molecule has 2 rings (SSSR count). The predicted octanol–water partition coefficient (Wildman–Crippen LogP) is 1.36. The first-order valence-electron chi connectivity index (χ1n) is 5.98. The van der Waals surface area contributed by atoms with Gasteiger partial charge in [0.1, 0.15) is 5.56 Å². The second-order valence-electron chi connectivity index (χ2n) is 4.29. The van der Waals surface area contributed by atoms with Crippen LogP contribution < -0.4 is 5.32 Å². The van der Waals surface area contributed by atoms with Crippen LogP contribution in [0.5, 0.6) is 0 Å². The molecule has 0 aliphatic carbocycles. The maximum absolute atomic E-state index is 11.1. The van der Waals surface area contributed by atoms with Crippen LogP contribution in [0, 0.1) is 0 Å². The average molecular weight is 260 g/mol. The molecule has 0 aliphatic rings. The Morgan fingerprint density at radius 3 is 2.95 bits per heavy atom. The van der Waals surface area contributed by atoms with Gasteiger partial charge in [0.05, 0.1) is 17.6 Å². The van der Waals surface area contributed by atoms with Gasteiger partial charge in [-0.2, -0.15) is 5.10 Å². The van der Waals surface area contributed by atoms with Crippen LogP contribution in [0.3, 0.4) is 0 Å². The van der Waals surface area contributed by atoms with E-state index in [0.29, 0.717) is 12.2 Å². The fraction of sp³-hybridized carbons (Fsp3) is 0.308. The molecule has 0 saturated heterocycles. The van der Waals surface area contributed by atoms with Crippen molar-refractivity contribution in [3.8, 4) is 0 Å². The molecule has 6 heteroatoms. The van der Waals surface area contributed by atoms with E-state index < -0.39 is 5.97 Å². The first-order valence-corrected chi connectivity index (χ1v) is 5.98. The highest BCUT2D eigenvalue weighted by atomic mass is 16.4. The fourth-order valence-electron chi connectivity index (χ4n) is 1.84. The number of hydrogen-bond donors (Lipinski definition) is 2. The second-order valence-corrected chi connectivity index (χ2v) is 4.29. The van der Waals surface area contributed by atoms with Crippen LogP contribution in [-0.2, 0) is 13.6 Å². The molecule has 0 spiro atoms. The van der Waals surface area contributed by atoms with E-state index in [-0.39, 0.29) is 11.6 Å². The van der Waals surface area contributed by atoms with E-state index >= 15 is 0 Å². The third-order valence-corrected chi connectivity index (χ3v) is 3.00. The molecule has 0 fully saturated rings. The van der Waals surface area contributed by atoms with Crippen LogP contribution in [0.15, 0.2) is 30.6 Å². The molecule has 0 radical (unpaired) electrons. The molecule has 0 bridgehead atoms. The Hall–Kier alpha value is -2.21. The van der Waals surface area contributed by atoms with Gasteiger partial charge in [0.15, 0.2) is 0 Å². The average Bonchev–Trinajstić information content (AvgIpc) is 2.78. The summed E-state index contributed by atoms with van der Waals surface area (Å²) < 4.78 is 1.57. The lowest BCUT2D eigenvalue weighted by molar-refractivity contribution is 0.0695. The predicted molar refractivity (Wildman–Crippen MR) is 69.7 cm³/mol. The van der Waals surface area contributed by atoms with Gasteiger partial charge in [0, 0.05) is 25.8 Å². The van der Waals surface area contributed by atoms with E-state index in [9.17, 15) is 4.79 Å². The number of pyridine rings is 1. The Balaban J connectivity index is 2.07. The number of carboxylic acid groups (broad SMARTS) is 1. The van der Waals surface area contributed by atoms with Crippen molar-refractivity contribution < 1.29 is 9.90 Å². The number of nitrogens with zero attached hydrogens (tertiary/aromatic N) is 3. The number of carboxylic acids is 1. The summed E-state index contributed by atoms with van der Waals surface area (Å²) in [4.78, 5) is 15.3. The van der Waals surface area contributed by atoms with Crippen LogP contribution >= 0.6 is 0 Å². The molecule has 100 valence electrons. The molecule has 0 amide bonds. The molecule has 0 aliphatic heterocycles.